The number of rotatable bonds is 5. The van der Waals surface area contributed by atoms with Gasteiger partial charge in [0.15, 0.2) is 0 Å². The molecule has 4 rings (SSSR count). The van der Waals surface area contributed by atoms with Crippen molar-refractivity contribution in [3.63, 3.8) is 0 Å². The van der Waals surface area contributed by atoms with Crippen molar-refractivity contribution in [2.24, 2.45) is 0 Å². The molecule has 0 aliphatic rings. The maximum atomic E-state index is 10.9. The average molecular weight is 456 g/mol. The van der Waals surface area contributed by atoms with Crippen LogP contribution in [0.25, 0.3) is 0 Å². The van der Waals surface area contributed by atoms with Crippen LogP contribution in [0.1, 0.15) is 27.8 Å². The van der Waals surface area contributed by atoms with E-state index in [1.165, 1.54) is 0 Å². The molecule has 0 heterocycles. The Morgan fingerprint density at radius 1 is 0.588 bits per heavy atom. The number of anilines is 3. The van der Waals surface area contributed by atoms with E-state index in [0.29, 0.717) is 22.9 Å². The van der Waals surface area contributed by atoms with Crippen LogP contribution in [-0.4, -0.2) is 15.3 Å². The highest BCUT2D eigenvalue weighted by molar-refractivity contribution is 5.87. The third-order valence-electron chi connectivity index (χ3n) is 6.30. The van der Waals surface area contributed by atoms with Crippen molar-refractivity contribution in [2.75, 3.05) is 4.90 Å². The van der Waals surface area contributed by atoms with Gasteiger partial charge in [0.1, 0.15) is 28.7 Å². The van der Waals surface area contributed by atoms with Crippen LogP contribution in [-0.2, 0) is 0 Å². The fourth-order valence-corrected chi connectivity index (χ4v) is 4.00. The lowest BCUT2D eigenvalue weighted by Crippen LogP contribution is -2.14. The minimum atomic E-state index is 0.124. The van der Waals surface area contributed by atoms with Crippen molar-refractivity contribution in [3.05, 3.63) is 94.5 Å². The number of phenols is 3. The first kappa shape index (κ1) is 23.1. The molecule has 0 aliphatic heterocycles. The summed E-state index contributed by atoms with van der Waals surface area (Å²) in [6.07, 6.45) is 0. The number of nitrogens with zero attached hydrogens (tertiary/aromatic N) is 1. The molecule has 5 heteroatoms. The predicted molar refractivity (Wildman–Crippen MR) is 136 cm³/mol. The van der Waals surface area contributed by atoms with E-state index >= 15 is 0 Å². The molecule has 0 amide bonds. The van der Waals surface area contributed by atoms with Gasteiger partial charge < -0.3 is 25.0 Å². The topological polar surface area (TPSA) is 73.2 Å². The summed E-state index contributed by atoms with van der Waals surface area (Å²) >= 11 is 0. The molecule has 0 spiro atoms. The fourth-order valence-electron chi connectivity index (χ4n) is 4.00. The highest BCUT2D eigenvalue weighted by Gasteiger charge is 2.24. The van der Waals surface area contributed by atoms with Crippen LogP contribution in [0.4, 0.5) is 17.1 Å². The normalized spacial score (nSPS) is 10.9. The Morgan fingerprint density at radius 2 is 1.09 bits per heavy atom. The van der Waals surface area contributed by atoms with Crippen molar-refractivity contribution in [2.45, 2.75) is 34.6 Å². The van der Waals surface area contributed by atoms with Gasteiger partial charge in [0, 0.05) is 11.8 Å². The number of aryl methyl sites for hydroxylation is 3. The Labute approximate surface area is 200 Å². The first-order valence-corrected chi connectivity index (χ1v) is 11.1. The standard InChI is InChI=1S/C29H29NO4/c1-17-7-14-25(32)28(20(17)4)30(29-21(5)18(2)8-15-26(29)33)22-9-12-24(13-10-22)34-27-16-23(31)11-6-19(27)3/h6-16,31-33H,1-5H3. The van der Waals surface area contributed by atoms with Crippen molar-refractivity contribution < 1.29 is 20.1 Å². The molecular weight excluding hydrogens is 426 g/mol. The van der Waals surface area contributed by atoms with Crippen LogP contribution in [0.2, 0.25) is 0 Å². The van der Waals surface area contributed by atoms with Gasteiger partial charge in [-0.25, -0.2) is 0 Å². The third-order valence-corrected chi connectivity index (χ3v) is 6.30. The lowest BCUT2D eigenvalue weighted by Gasteiger charge is -2.30. The number of aromatic hydroxyl groups is 3. The Hall–Kier alpha value is -4.12. The molecule has 0 atom stereocenters. The van der Waals surface area contributed by atoms with Gasteiger partial charge in [0.25, 0.3) is 0 Å². The Balaban J connectivity index is 1.85. The van der Waals surface area contributed by atoms with Gasteiger partial charge in [-0.1, -0.05) is 18.2 Å². The molecule has 0 saturated heterocycles. The average Bonchev–Trinajstić information content (AvgIpc) is 2.81. The van der Waals surface area contributed by atoms with Crippen molar-refractivity contribution in [3.8, 4) is 28.7 Å². The molecule has 5 nitrogen and oxygen atoms in total. The van der Waals surface area contributed by atoms with E-state index < -0.39 is 0 Å². The monoisotopic (exact) mass is 455 g/mol. The summed E-state index contributed by atoms with van der Waals surface area (Å²) in [5.41, 5.74) is 6.77. The van der Waals surface area contributed by atoms with Crippen molar-refractivity contribution in [1.82, 2.24) is 0 Å². The SMILES string of the molecule is Cc1ccc(O)cc1Oc1ccc(N(c2c(O)ccc(C)c2C)c2c(O)ccc(C)c2C)cc1. The second-order valence-corrected chi connectivity index (χ2v) is 8.63. The predicted octanol–water partition coefficient (Wildman–Crippen LogP) is 7.61. The molecule has 34 heavy (non-hydrogen) atoms. The van der Waals surface area contributed by atoms with E-state index in [9.17, 15) is 15.3 Å². The number of phenolic OH excluding ortho intramolecular Hbond substituents is 3. The fraction of sp³-hybridized carbons (Fsp3) is 0.172. The smallest absolute Gasteiger partial charge is 0.139 e. The molecule has 0 bridgehead atoms. The maximum absolute atomic E-state index is 10.9. The van der Waals surface area contributed by atoms with Crippen LogP contribution in [0.3, 0.4) is 0 Å². The zero-order valence-electron chi connectivity index (χ0n) is 20.0. The third kappa shape index (κ3) is 4.25. The van der Waals surface area contributed by atoms with Gasteiger partial charge in [-0.3, -0.25) is 0 Å². The van der Waals surface area contributed by atoms with Crippen LogP contribution >= 0.6 is 0 Å². The molecule has 4 aromatic carbocycles. The molecule has 0 aliphatic carbocycles. The van der Waals surface area contributed by atoms with E-state index in [-0.39, 0.29) is 17.2 Å². The summed E-state index contributed by atoms with van der Waals surface area (Å²) in [6, 6.07) is 19.5. The van der Waals surface area contributed by atoms with Crippen LogP contribution in [0, 0.1) is 34.6 Å². The maximum Gasteiger partial charge on any atom is 0.139 e. The number of hydrogen-bond acceptors (Lipinski definition) is 5. The summed E-state index contributed by atoms with van der Waals surface area (Å²) in [5, 5.41) is 31.6. The van der Waals surface area contributed by atoms with E-state index in [1.807, 2.05) is 75.9 Å². The first-order chi connectivity index (χ1) is 16.2. The van der Waals surface area contributed by atoms with E-state index in [1.54, 1.807) is 30.3 Å². The van der Waals surface area contributed by atoms with Gasteiger partial charge >= 0.3 is 0 Å². The summed E-state index contributed by atoms with van der Waals surface area (Å²) in [5.74, 6) is 1.56. The summed E-state index contributed by atoms with van der Waals surface area (Å²) in [7, 11) is 0. The molecule has 0 radical (unpaired) electrons. The van der Waals surface area contributed by atoms with Gasteiger partial charge in [-0.15, -0.1) is 0 Å². The molecule has 4 aromatic rings. The number of benzene rings is 4. The van der Waals surface area contributed by atoms with Gasteiger partial charge in [-0.05, 0) is 105 Å². The minimum absolute atomic E-state index is 0.124. The molecule has 0 fully saturated rings. The zero-order valence-corrected chi connectivity index (χ0v) is 20.0. The molecular formula is C29H29NO4. The van der Waals surface area contributed by atoms with Crippen LogP contribution in [0.15, 0.2) is 66.7 Å². The number of ether oxygens (including phenoxy) is 1. The lowest BCUT2D eigenvalue weighted by atomic mass is 10.0. The first-order valence-electron chi connectivity index (χ1n) is 11.1. The van der Waals surface area contributed by atoms with Gasteiger partial charge in [0.05, 0.1) is 11.4 Å². The van der Waals surface area contributed by atoms with E-state index in [4.69, 9.17) is 4.74 Å². The Kier molecular flexibility index (Phi) is 6.12. The summed E-state index contributed by atoms with van der Waals surface area (Å²) in [4.78, 5) is 1.89. The van der Waals surface area contributed by atoms with E-state index in [2.05, 4.69) is 0 Å². The van der Waals surface area contributed by atoms with Gasteiger partial charge in [-0.2, -0.15) is 0 Å². The molecule has 0 unspecified atom stereocenters. The zero-order chi connectivity index (χ0) is 24.6. The summed E-state index contributed by atoms with van der Waals surface area (Å²) in [6.45, 7) is 9.82. The minimum Gasteiger partial charge on any atom is -0.508 e. The molecule has 0 aromatic heterocycles. The Morgan fingerprint density at radius 3 is 1.62 bits per heavy atom. The lowest BCUT2D eigenvalue weighted by molar-refractivity contribution is 0.453. The van der Waals surface area contributed by atoms with Crippen LogP contribution < -0.4 is 9.64 Å². The highest BCUT2D eigenvalue weighted by Crippen LogP contribution is 2.48. The second kappa shape index (κ2) is 9.02. The second-order valence-electron chi connectivity index (χ2n) is 8.63. The van der Waals surface area contributed by atoms with Crippen LogP contribution in [0.5, 0.6) is 28.7 Å². The van der Waals surface area contributed by atoms with Crippen molar-refractivity contribution >= 4 is 17.1 Å². The quantitative estimate of drug-likeness (QED) is 0.289. The Bertz CT molecular complexity index is 1300. The molecule has 174 valence electrons. The highest BCUT2D eigenvalue weighted by atomic mass is 16.5. The number of hydrogen-bond donors (Lipinski definition) is 3. The molecule has 3 N–H and O–H groups in total. The van der Waals surface area contributed by atoms with E-state index in [0.717, 1.165) is 33.5 Å². The largest absolute Gasteiger partial charge is 0.508 e. The van der Waals surface area contributed by atoms with Crippen molar-refractivity contribution in [1.29, 1.82) is 0 Å². The summed E-state index contributed by atoms with van der Waals surface area (Å²) < 4.78 is 5.99. The van der Waals surface area contributed by atoms with Gasteiger partial charge in [0.2, 0.25) is 0 Å². The molecule has 0 saturated carbocycles.